The van der Waals surface area contributed by atoms with Crippen LogP contribution in [0.5, 0.6) is 0 Å². The van der Waals surface area contributed by atoms with Crippen molar-refractivity contribution in [2.75, 3.05) is 28.6 Å². The van der Waals surface area contributed by atoms with Crippen LogP contribution in [0.1, 0.15) is 28.9 Å². The van der Waals surface area contributed by atoms with Crippen molar-refractivity contribution in [3.8, 4) is 0 Å². The van der Waals surface area contributed by atoms with Gasteiger partial charge in [-0.2, -0.15) is 4.98 Å². The molecule has 29 heavy (non-hydrogen) atoms. The molecule has 0 unspecified atom stereocenters. The minimum absolute atomic E-state index is 0.291. The van der Waals surface area contributed by atoms with E-state index in [1.165, 1.54) is 24.2 Å². The van der Waals surface area contributed by atoms with Crippen molar-refractivity contribution in [2.45, 2.75) is 19.8 Å². The Bertz CT molecular complexity index is 1030. The second-order valence-electron chi connectivity index (χ2n) is 6.78. The second kappa shape index (κ2) is 8.57. The maximum Gasteiger partial charge on any atom is 0.258 e. The molecule has 3 heterocycles. The molecule has 1 saturated heterocycles. The first kappa shape index (κ1) is 19.9. The first-order valence-corrected chi connectivity index (χ1v) is 10.8. The summed E-state index contributed by atoms with van der Waals surface area (Å²) in [4.78, 5) is 23.7. The number of carbonyl (C=O) groups is 1. The number of thiophene rings is 1. The number of rotatable bonds is 5. The van der Waals surface area contributed by atoms with Crippen molar-refractivity contribution >= 4 is 63.6 Å². The van der Waals surface area contributed by atoms with E-state index in [4.69, 9.17) is 23.2 Å². The number of nitrogens with one attached hydrogen (secondary N) is 2. The summed E-state index contributed by atoms with van der Waals surface area (Å²) in [5, 5.41) is 6.13. The van der Waals surface area contributed by atoms with Gasteiger partial charge >= 0.3 is 0 Å². The zero-order valence-electron chi connectivity index (χ0n) is 15.7. The van der Waals surface area contributed by atoms with E-state index in [0.29, 0.717) is 19.9 Å². The van der Waals surface area contributed by atoms with Crippen LogP contribution in [-0.2, 0) is 0 Å². The molecule has 150 valence electrons. The quantitative estimate of drug-likeness (QED) is 0.520. The summed E-state index contributed by atoms with van der Waals surface area (Å²) in [6.07, 6.45) is 2.35. The Balaban J connectivity index is 1.44. The van der Waals surface area contributed by atoms with Crippen molar-refractivity contribution in [1.29, 1.82) is 0 Å². The third-order valence-electron chi connectivity index (χ3n) is 4.55. The van der Waals surface area contributed by atoms with Crippen LogP contribution in [-0.4, -0.2) is 29.0 Å². The molecule has 2 N–H and O–H groups in total. The van der Waals surface area contributed by atoms with Crippen LogP contribution in [0.2, 0.25) is 8.67 Å². The molecule has 0 saturated carbocycles. The highest BCUT2D eigenvalue weighted by Gasteiger charge is 2.16. The lowest BCUT2D eigenvalue weighted by Gasteiger charge is -2.17. The highest BCUT2D eigenvalue weighted by molar-refractivity contribution is 7.20. The number of hydrogen-bond acceptors (Lipinski definition) is 6. The Hall–Kier alpha value is -2.35. The summed E-state index contributed by atoms with van der Waals surface area (Å²) < 4.78 is 0.854. The van der Waals surface area contributed by atoms with E-state index in [1.807, 2.05) is 37.3 Å². The van der Waals surface area contributed by atoms with E-state index in [0.717, 1.165) is 36.2 Å². The highest BCUT2D eigenvalue weighted by atomic mass is 35.5. The third kappa shape index (κ3) is 4.80. The summed E-state index contributed by atoms with van der Waals surface area (Å²) in [7, 11) is 0. The lowest BCUT2D eigenvalue weighted by Crippen LogP contribution is -2.21. The van der Waals surface area contributed by atoms with Gasteiger partial charge < -0.3 is 15.5 Å². The zero-order chi connectivity index (χ0) is 20.4. The van der Waals surface area contributed by atoms with Crippen molar-refractivity contribution in [3.05, 3.63) is 56.3 Å². The van der Waals surface area contributed by atoms with E-state index < -0.39 is 0 Å². The van der Waals surface area contributed by atoms with E-state index >= 15 is 0 Å². The molecule has 0 atom stereocenters. The maximum absolute atomic E-state index is 12.3. The predicted octanol–water partition coefficient (Wildman–Crippen LogP) is 5.75. The monoisotopic (exact) mass is 447 g/mol. The molecule has 0 aliphatic carbocycles. The Morgan fingerprint density at radius 2 is 1.76 bits per heavy atom. The van der Waals surface area contributed by atoms with Crippen molar-refractivity contribution < 1.29 is 4.79 Å². The summed E-state index contributed by atoms with van der Waals surface area (Å²) in [5.74, 6) is 1.22. The van der Waals surface area contributed by atoms with Crippen LogP contribution in [0.15, 0.2) is 36.4 Å². The minimum atomic E-state index is -0.291. The normalized spacial score (nSPS) is 13.6. The Morgan fingerprint density at radius 1 is 1.07 bits per heavy atom. The van der Waals surface area contributed by atoms with E-state index in [1.54, 1.807) is 6.07 Å². The van der Waals surface area contributed by atoms with Gasteiger partial charge in [-0.3, -0.25) is 4.79 Å². The van der Waals surface area contributed by atoms with Gasteiger partial charge in [0.1, 0.15) is 10.2 Å². The Morgan fingerprint density at radius 3 is 2.41 bits per heavy atom. The third-order valence-corrected chi connectivity index (χ3v) is 6.04. The van der Waals surface area contributed by atoms with E-state index in [9.17, 15) is 4.79 Å². The average molecular weight is 448 g/mol. The largest absolute Gasteiger partial charge is 0.341 e. The van der Waals surface area contributed by atoms with Gasteiger partial charge in [0.05, 0.1) is 9.90 Å². The van der Waals surface area contributed by atoms with Gasteiger partial charge in [-0.15, -0.1) is 11.3 Å². The number of hydrogen-bond donors (Lipinski definition) is 2. The smallest absolute Gasteiger partial charge is 0.258 e. The second-order valence-corrected chi connectivity index (χ2v) is 9.07. The Labute approximate surface area is 182 Å². The molecule has 0 spiro atoms. The van der Waals surface area contributed by atoms with Crippen LogP contribution in [0, 0.1) is 6.92 Å². The van der Waals surface area contributed by atoms with Crippen molar-refractivity contribution in [1.82, 2.24) is 9.97 Å². The number of benzene rings is 1. The first-order chi connectivity index (χ1) is 14.0. The van der Waals surface area contributed by atoms with Gasteiger partial charge in [0.25, 0.3) is 5.91 Å². The predicted molar refractivity (Wildman–Crippen MR) is 120 cm³/mol. The number of amides is 1. The molecule has 0 radical (unpaired) electrons. The average Bonchev–Trinajstić information content (AvgIpc) is 3.32. The van der Waals surface area contributed by atoms with Crippen molar-refractivity contribution in [2.24, 2.45) is 0 Å². The molecule has 1 aromatic carbocycles. The summed E-state index contributed by atoms with van der Waals surface area (Å²) >= 11 is 13.1. The zero-order valence-corrected chi connectivity index (χ0v) is 18.0. The molecule has 1 aliphatic heterocycles. The van der Waals surface area contributed by atoms with Crippen LogP contribution in [0.25, 0.3) is 0 Å². The van der Waals surface area contributed by atoms with Crippen LogP contribution in [0.3, 0.4) is 0 Å². The van der Waals surface area contributed by atoms with Crippen LogP contribution >= 0.6 is 34.5 Å². The number of halogens is 2. The Kier molecular flexibility index (Phi) is 5.89. The van der Waals surface area contributed by atoms with Gasteiger partial charge in [-0.1, -0.05) is 23.2 Å². The molecular formula is C20H19Cl2N5OS. The topological polar surface area (TPSA) is 70.2 Å². The molecule has 3 aromatic rings. The van der Waals surface area contributed by atoms with E-state index in [2.05, 4.69) is 25.5 Å². The fraction of sp³-hybridized carbons (Fsp3) is 0.250. The summed E-state index contributed by atoms with van der Waals surface area (Å²) in [6.45, 7) is 3.96. The van der Waals surface area contributed by atoms with Gasteiger partial charge in [-0.05, 0) is 50.1 Å². The number of carbonyl (C=O) groups excluding carboxylic acids is 1. The molecule has 9 heteroatoms. The SMILES string of the molecule is Cc1cc(Nc2ccc(NC(=O)c3cc(Cl)sc3Cl)cc2)nc(N2CCCC2)n1. The van der Waals surface area contributed by atoms with Gasteiger partial charge in [0.15, 0.2) is 0 Å². The number of aryl methyl sites for hydroxylation is 1. The van der Waals surface area contributed by atoms with Gasteiger partial charge in [-0.25, -0.2) is 4.98 Å². The molecule has 1 aliphatic rings. The van der Waals surface area contributed by atoms with Gasteiger partial charge in [0.2, 0.25) is 5.95 Å². The number of nitrogens with zero attached hydrogens (tertiary/aromatic N) is 3. The van der Waals surface area contributed by atoms with Crippen LogP contribution < -0.4 is 15.5 Å². The number of aromatic nitrogens is 2. The molecular weight excluding hydrogens is 429 g/mol. The lowest BCUT2D eigenvalue weighted by molar-refractivity contribution is 0.102. The summed E-state index contributed by atoms with van der Waals surface area (Å²) in [6, 6.07) is 10.9. The summed E-state index contributed by atoms with van der Waals surface area (Å²) in [5.41, 5.74) is 2.81. The molecule has 0 bridgehead atoms. The highest BCUT2D eigenvalue weighted by Crippen LogP contribution is 2.31. The minimum Gasteiger partial charge on any atom is -0.341 e. The van der Waals surface area contributed by atoms with Crippen molar-refractivity contribution in [3.63, 3.8) is 0 Å². The molecule has 4 rings (SSSR count). The van der Waals surface area contributed by atoms with E-state index in [-0.39, 0.29) is 5.91 Å². The van der Waals surface area contributed by atoms with Gasteiger partial charge in [0, 0.05) is 36.2 Å². The molecule has 1 fully saturated rings. The fourth-order valence-electron chi connectivity index (χ4n) is 3.15. The van der Waals surface area contributed by atoms with Crippen LogP contribution in [0.4, 0.5) is 23.1 Å². The molecule has 1 amide bonds. The standard InChI is InChI=1S/C20H19Cl2N5OS/c1-12-10-17(26-20(23-12)27-8-2-3-9-27)24-13-4-6-14(7-5-13)25-19(28)15-11-16(21)29-18(15)22/h4-7,10-11H,2-3,8-9H2,1H3,(H,25,28)(H,23,24,26). The first-order valence-electron chi connectivity index (χ1n) is 9.22. The lowest BCUT2D eigenvalue weighted by atomic mass is 10.2. The maximum atomic E-state index is 12.3. The fourth-order valence-corrected chi connectivity index (χ4v) is 4.61. The molecule has 6 nitrogen and oxygen atoms in total. The molecule has 2 aromatic heterocycles. The number of anilines is 4.